The molecular weight excluding hydrogens is 435 g/mol. The fourth-order valence-corrected chi connectivity index (χ4v) is 3.97. The summed E-state index contributed by atoms with van der Waals surface area (Å²) in [5, 5.41) is 8.83. The van der Waals surface area contributed by atoms with Crippen molar-refractivity contribution in [2.45, 2.75) is 20.0 Å². The van der Waals surface area contributed by atoms with Crippen LogP contribution in [-0.4, -0.2) is 28.5 Å². The van der Waals surface area contributed by atoms with Crippen LogP contribution in [0.4, 0.5) is 4.39 Å². The fourth-order valence-electron chi connectivity index (χ4n) is 3.75. The largest absolute Gasteiger partial charge is 0.352 e. The molecule has 5 rings (SSSR count). The van der Waals surface area contributed by atoms with Crippen molar-refractivity contribution in [2.75, 3.05) is 0 Å². The van der Waals surface area contributed by atoms with Crippen molar-refractivity contribution in [3.05, 3.63) is 97.0 Å². The van der Waals surface area contributed by atoms with Crippen LogP contribution < -0.4 is 11.2 Å². The highest BCUT2D eigenvalue weighted by Gasteiger charge is 2.21. The second kappa shape index (κ2) is 7.45. The van der Waals surface area contributed by atoms with Gasteiger partial charge in [-0.15, -0.1) is 5.10 Å². The van der Waals surface area contributed by atoms with E-state index in [1.165, 1.54) is 25.8 Å². The Morgan fingerprint density at radius 2 is 1.78 bits per heavy atom. The van der Waals surface area contributed by atoms with Crippen molar-refractivity contribution >= 4 is 28.4 Å². The van der Waals surface area contributed by atoms with Gasteiger partial charge in [-0.05, 0) is 24.6 Å². The molecule has 0 unspecified atom stereocenters. The third-order valence-corrected chi connectivity index (χ3v) is 5.75. The van der Waals surface area contributed by atoms with Gasteiger partial charge in [0.15, 0.2) is 5.52 Å². The van der Waals surface area contributed by atoms with Crippen LogP contribution in [-0.2, 0) is 20.1 Å². The average molecular weight is 453 g/mol. The zero-order chi connectivity index (χ0) is 22.6. The first-order valence-electron chi connectivity index (χ1n) is 9.87. The van der Waals surface area contributed by atoms with Gasteiger partial charge in [0.1, 0.15) is 11.3 Å². The van der Waals surface area contributed by atoms with Gasteiger partial charge >= 0.3 is 5.69 Å². The minimum absolute atomic E-state index is 0.147. The van der Waals surface area contributed by atoms with E-state index in [1.807, 2.05) is 31.2 Å². The maximum absolute atomic E-state index is 14.3. The topological polar surface area (TPSA) is 79.1 Å². The molecule has 0 N–H and O–H groups in total. The Kier molecular flexibility index (Phi) is 4.70. The van der Waals surface area contributed by atoms with Crippen LogP contribution in [0.5, 0.6) is 0 Å². The number of fused-ring (bicyclic) bond motifs is 3. The zero-order valence-electron chi connectivity index (χ0n) is 17.3. The van der Waals surface area contributed by atoms with Crippen LogP contribution in [0.1, 0.15) is 16.7 Å². The van der Waals surface area contributed by atoms with Crippen molar-refractivity contribution in [3.8, 4) is 0 Å². The molecule has 0 aliphatic rings. The molecule has 0 atom stereocenters. The lowest BCUT2D eigenvalue weighted by atomic mass is 10.1. The Morgan fingerprint density at radius 3 is 2.50 bits per heavy atom. The van der Waals surface area contributed by atoms with E-state index in [4.69, 9.17) is 11.6 Å². The molecule has 0 radical (unpaired) electrons. The van der Waals surface area contributed by atoms with Crippen LogP contribution in [0.25, 0.3) is 16.8 Å². The van der Waals surface area contributed by atoms with Gasteiger partial charge < -0.3 is 0 Å². The first-order valence-corrected chi connectivity index (χ1v) is 10.3. The molecule has 2 aromatic carbocycles. The molecule has 162 valence electrons. The lowest BCUT2D eigenvalue weighted by molar-refractivity contribution is 0.577. The number of aryl methyl sites for hydroxylation is 2. The van der Waals surface area contributed by atoms with Crippen LogP contribution >= 0.6 is 11.6 Å². The van der Waals surface area contributed by atoms with Crippen molar-refractivity contribution in [1.82, 2.24) is 28.5 Å². The molecule has 0 amide bonds. The number of halogens is 2. The van der Waals surface area contributed by atoms with Gasteiger partial charge in [0.2, 0.25) is 5.78 Å². The summed E-state index contributed by atoms with van der Waals surface area (Å²) in [4.78, 5) is 26.5. The number of hydrogen-bond acceptors (Lipinski definition) is 4. The highest BCUT2D eigenvalue weighted by atomic mass is 35.5. The molecule has 0 aliphatic carbocycles. The number of nitrogens with zero attached hydrogens (tertiary/aromatic N) is 6. The molecule has 10 heteroatoms. The van der Waals surface area contributed by atoms with Crippen molar-refractivity contribution in [2.24, 2.45) is 7.05 Å². The van der Waals surface area contributed by atoms with Crippen molar-refractivity contribution in [1.29, 1.82) is 0 Å². The monoisotopic (exact) mass is 452 g/mol. The number of hydrogen-bond donors (Lipinski definition) is 0. The first-order chi connectivity index (χ1) is 15.3. The maximum atomic E-state index is 14.3. The van der Waals surface area contributed by atoms with Crippen LogP contribution in [0.15, 0.2) is 58.3 Å². The summed E-state index contributed by atoms with van der Waals surface area (Å²) in [6.07, 6.45) is 1.59. The number of benzene rings is 2. The molecular formula is C22H18ClFN6O2. The molecule has 3 aromatic heterocycles. The van der Waals surface area contributed by atoms with Gasteiger partial charge in [0.25, 0.3) is 5.56 Å². The second-order valence-electron chi connectivity index (χ2n) is 7.69. The van der Waals surface area contributed by atoms with Gasteiger partial charge in [-0.25, -0.2) is 18.3 Å². The second-order valence-corrected chi connectivity index (χ2v) is 8.10. The van der Waals surface area contributed by atoms with E-state index in [1.54, 1.807) is 19.3 Å². The van der Waals surface area contributed by atoms with Crippen molar-refractivity contribution in [3.63, 3.8) is 0 Å². The fraction of sp³-hybridized carbons (Fsp3) is 0.182. The van der Waals surface area contributed by atoms with E-state index in [2.05, 4.69) is 10.2 Å². The highest BCUT2D eigenvalue weighted by Crippen LogP contribution is 2.20. The van der Waals surface area contributed by atoms with E-state index in [-0.39, 0.29) is 40.5 Å². The van der Waals surface area contributed by atoms with Gasteiger partial charge in [0.05, 0.1) is 13.1 Å². The molecule has 8 nitrogen and oxygen atoms in total. The molecule has 32 heavy (non-hydrogen) atoms. The highest BCUT2D eigenvalue weighted by molar-refractivity contribution is 6.31. The molecule has 0 saturated carbocycles. The van der Waals surface area contributed by atoms with Crippen molar-refractivity contribution < 1.29 is 4.39 Å². The minimum atomic E-state index is -0.537. The Morgan fingerprint density at radius 1 is 1.03 bits per heavy atom. The number of rotatable bonds is 4. The Hall–Kier alpha value is -3.72. The summed E-state index contributed by atoms with van der Waals surface area (Å²) in [6.45, 7) is 2.00. The van der Waals surface area contributed by atoms with E-state index in [0.29, 0.717) is 5.52 Å². The molecule has 0 aliphatic heterocycles. The molecule has 0 bridgehead atoms. The summed E-state index contributed by atoms with van der Waals surface area (Å²) < 4.78 is 19.6. The molecule has 5 aromatic rings. The quantitative estimate of drug-likeness (QED) is 0.420. The summed E-state index contributed by atoms with van der Waals surface area (Å²) >= 11 is 6.15. The molecule has 3 heterocycles. The predicted octanol–water partition coefficient (Wildman–Crippen LogP) is 2.74. The molecule has 0 saturated heterocycles. The number of aromatic nitrogens is 6. The minimum Gasteiger partial charge on any atom is -0.273 e. The summed E-state index contributed by atoms with van der Waals surface area (Å²) in [5.74, 6) is -0.390. The van der Waals surface area contributed by atoms with Gasteiger partial charge in [-0.2, -0.15) is 5.10 Å². The van der Waals surface area contributed by atoms with E-state index < -0.39 is 11.5 Å². The maximum Gasteiger partial charge on any atom is 0.352 e. The smallest absolute Gasteiger partial charge is 0.273 e. The Balaban J connectivity index is 1.76. The summed E-state index contributed by atoms with van der Waals surface area (Å²) in [7, 11) is 1.67. The van der Waals surface area contributed by atoms with E-state index in [9.17, 15) is 14.0 Å². The lowest BCUT2D eigenvalue weighted by Gasteiger charge is -2.08. The molecule has 0 spiro atoms. The Labute approximate surface area is 185 Å². The van der Waals surface area contributed by atoms with E-state index >= 15 is 0 Å². The lowest BCUT2D eigenvalue weighted by Crippen LogP contribution is -2.27. The SMILES string of the molecule is Cc1ccc(Cn2c(=O)c3nn(C)cc3n3c(=O)n(Cc4c(F)cccc4Cl)nc23)cc1. The summed E-state index contributed by atoms with van der Waals surface area (Å²) in [5.41, 5.74) is 1.71. The van der Waals surface area contributed by atoms with Crippen LogP contribution in [0.3, 0.4) is 0 Å². The van der Waals surface area contributed by atoms with Gasteiger partial charge in [-0.1, -0.05) is 47.5 Å². The normalized spacial score (nSPS) is 11.6. The Bertz CT molecular complexity index is 1590. The zero-order valence-corrected chi connectivity index (χ0v) is 18.0. The first kappa shape index (κ1) is 20.2. The van der Waals surface area contributed by atoms with Crippen LogP contribution in [0, 0.1) is 12.7 Å². The van der Waals surface area contributed by atoms with E-state index in [0.717, 1.165) is 15.8 Å². The third kappa shape index (κ3) is 3.21. The van der Waals surface area contributed by atoms with Gasteiger partial charge in [0, 0.05) is 23.8 Å². The average Bonchev–Trinajstić information content (AvgIpc) is 3.29. The van der Waals surface area contributed by atoms with Gasteiger partial charge in [-0.3, -0.25) is 14.0 Å². The van der Waals surface area contributed by atoms with Crippen LogP contribution in [0.2, 0.25) is 5.02 Å². The predicted molar refractivity (Wildman–Crippen MR) is 119 cm³/mol. The third-order valence-electron chi connectivity index (χ3n) is 5.39. The summed E-state index contributed by atoms with van der Waals surface area (Å²) in [6, 6.07) is 12.0. The standard InChI is InChI=1S/C22H18ClFN6O2/c1-13-6-8-14(9-7-13)10-28-20(31)19-18(12-27(2)25-19)30-21(28)26-29(22(30)32)11-15-16(23)4-3-5-17(15)24/h3-9,12H,10-11H2,1-2H3. The molecule has 0 fully saturated rings.